The van der Waals surface area contributed by atoms with Crippen LogP contribution in [0.5, 0.6) is 5.75 Å². The molecule has 0 bridgehead atoms. The molecule has 1 aromatic rings. The molecule has 10 heavy (non-hydrogen) atoms. The summed E-state index contributed by atoms with van der Waals surface area (Å²) in [5.74, 6) is 0.922. The molecule has 0 spiro atoms. The average Bonchev–Trinajstić information content (AvgIpc) is 1.88. The summed E-state index contributed by atoms with van der Waals surface area (Å²) in [6.45, 7) is 2.03. The number of hydrogen-bond acceptors (Lipinski definition) is 1. The number of benzene rings is 1. The molecule has 3 heteroatoms. The molecular formula is C7H8IOP. The van der Waals surface area contributed by atoms with Gasteiger partial charge in [-0.05, 0) is 53.3 Å². The second-order valence-electron chi connectivity index (χ2n) is 2.03. The van der Waals surface area contributed by atoms with Crippen molar-refractivity contribution >= 4 is 32.1 Å². The van der Waals surface area contributed by atoms with E-state index in [0.717, 1.165) is 5.75 Å². The zero-order valence-electron chi connectivity index (χ0n) is 5.60. The van der Waals surface area contributed by atoms with E-state index < -0.39 is 0 Å². The molecule has 1 nitrogen and oxygen atoms in total. The van der Waals surface area contributed by atoms with Gasteiger partial charge in [0, 0.05) is 3.57 Å². The molecule has 1 unspecified atom stereocenters. The van der Waals surface area contributed by atoms with Gasteiger partial charge < -0.3 is 4.52 Å². The standard InChI is InChI=1S/C7H8IOP/c1-5-4-6(8)2-3-7(5)9-10/h2-4H,10H2,1H3. The molecule has 1 atom stereocenters. The van der Waals surface area contributed by atoms with Crippen LogP contribution in [-0.4, -0.2) is 0 Å². The molecular weight excluding hydrogens is 258 g/mol. The highest BCUT2D eigenvalue weighted by Crippen LogP contribution is 2.21. The predicted molar refractivity (Wildman–Crippen MR) is 54.2 cm³/mol. The Morgan fingerprint density at radius 3 is 2.70 bits per heavy atom. The van der Waals surface area contributed by atoms with Gasteiger partial charge in [-0.1, -0.05) is 0 Å². The summed E-state index contributed by atoms with van der Waals surface area (Å²) in [5.41, 5.74) is 1.17. The SMILES string of the molecule is Cc1cc(I)ccc1OP. The molecule has 0 radical (unpaired) electrons. The van der Waals surface area contributed by atoms with Crippen LogP contribution in [0.25, 0.3) is 0 Å². The fourth-order valence-corrected chi connectivity index (χ4v) is 1.66. The lowest BCUT2D eigenvalue weighted by molar-refractivity contribution is 0.639. The Hall–Kier alpha value is 0.180. The minimum atomic E-state index is 0.922. The summed E-state index contributed by atoms with van der Waals surface area (Å²) in [4.78, 5) is 0. The van der Waals surface area contributed by atoms with Crippen molar-refractivity contribution in [2.75, 3.05) is 0 Å². The first-order valence-electron chi connectivity index (χ1n) is 2.87. The van der Waals surface area contributed by atoms with E-state index in [1.54, 1.807) is 0 Å². The van der Waals surface area contributed by atoms with Gasteiger partial charge in [0.25, 0.3) is 0 Å². The molecule has 1 aromatic carbocycles. The van der Waals surface area contributed by atoms with Crippen molar-refractivity contribution < 1.29 is 4.52 Å². The molecule has 0 aliphatic heterocycles. The molecule has 1 rings (SSSR count). The van der Waals surface area contributed by atoms with Crippen LogP contribution in [0.2, 0.25) is 0 Å². The van der Waals surface area contributed by atoms with E-state index in [9.17, 15) is 0 Å². The van der Waals surface area contributed by atoms with Gasteiger partial charge in [-0.25, -0.2) is 0 Å². The first kappa shape index (κ1) is 8.28. The minimum absolute atomic E-state index is 0.922. The molecule has 54 valence electrons. The Labute approximate surface area is 76.6 Å². The number of aryl methyl sites for hydroxylation is 1. The molecule has 0 saturated heterocycles. The average molecular weight is 266 g/mol. The maximum absolute atomic E-state index is 5.01. The van der Waals surface area contributed by atoms with Gasteiger partial charge in [-0.15, -0.1) is 0 Å². The lowest BCUT2D eigenvalue weighted by Crippen LogP contribution is -1.80. The quantitative estimate of drug-likeness (QED) is 0.561. The molecule has 0 aliphatic carbocycles. The van der Waals surface area contributed by atoms with Crippen LogP contribution in [0.15, 0.2) is 18.2 Å². The minimum Gasteiger partial charge on any atom is -0.480 e. The van der Waals surface area contributed by atoms with Crippen molar-refractivity contribution in [3.63, 3.8) is 0 Å². The van der Waals surface area contributed by atoms with Crippen LogP contribution in [0.3, 0.4) is 0 Å². The van der Waals surface area contributed by atoms with Crippen molar-refractivity contribution in [1.82, 2.24) is 0 Å². The zero-order chi connectivity index (χ0) is 7.56. The lowest BCUT2D eigenvalue weighted by atomic mass is 10.2. The lowest BCUT2D eigenvalue weighted by Gasteiger charge is -2.02. The van der Waals surface area contributed by atoms with Gasteiger partial charge in [0.2, 0.25) is 0 Å². The van der Waals surface area contributed by atoms with E-state index in [1.807, 2.05) is 19.1 Å². The van der Waals surface area contributed by atoms with Crippen LogP contribution >= 0.6 is 32.1 Å². The first-order valence-corrected chi connectivity index (χ1v) is 4.42. The van der Waals surface area contributed by atoms with Gasteiger partial charge in [0.05, 0.1) is 9.47 Å². The summed E-state index contributed by atoms with van der Waals surface area (Å²) in [6, 6.07) is 6.07. The van der Waals surface area contributed by atoms with Crippen LogP contribution in [-0.2, 0) is 0 Å². The van der Waals surface area contributed by atoms with E-state index in [4.69, 9.17) is 4.52 Å². The summed E-state index contributed by atoms with van der Waals surface area (Å²) >= 11 is 2.28. The first-order chi connectivity index (χ1) is 4.74. The smallest absolute Gasteiger partial charge is 0.125 e. The Balaban J connectivity index is 3.07. The molecule has 0 fully saturated rings. The Morgan fingerprint density at radius 1 is 1.50 bits per heavy atom. The van der Waals surface area contributed by atoms with Crippen molar-refractivity contribution in [2.24, 2.45) is 0 Å². The summed E-state index contributed by atoms with van der Waals surface area (Å²) in [5, 5.41) is 0. The topological polar surface area (TPSA) is 9.23 Å². The van der Waals surface area contributed by atoms with Gasteiger partial charge in [0.15, 0.2) is 0 Å². The zero-order valence-corrected chi connectivity index (χ0v) is 8.91. The Kier molecular flexibility index (Phi) is 2.93. The summed E-state index contributed by atoms with van der Waals surface area (Å²) in [6.07, 6.45) is 0. The number of rotatable bonds is 1. The Morgan fingerprint density at radius 2 is 2.20 bits per heavy atom. The highest BCUT2D eigenvalue weighted by molar-refractivity contribution is 14.1. The van der Waals surface area contributed by atoms with Crippen LogP contribution < -0.4 is 4.52 Å². The van der Waals surface area contributed by atoms with Gasteiger partial charge in [-0.2, -0.15) is 0 Å². The second kappa shape index (κ2) is 3.54. The third-order valence-electron chi connectivity index (χ3n) is 1.26. The maximum Gasteiger partial charge on any atom is 0.125 e. The van der Waals surface area contributed by atoms with E-state index in [-0.39, 0.29) is 0 Å². The molecule has 0 aromatic heterocycles. The predicted octanol–water partition coefficient (Wildman–Crippen LogP) is 2.77. The highest BCUT2D eigenvalue weighted by atomic mass is 127. The maximum atomic E-state index is 5.01. The van der Waals surface area contributed by atoms with Crippen LogP contribution in [0.1, 0.15) is 5.56 Å². The summed E-state index contributed by atoms with van der Waals surface area (Å²) in [7, 11) is 2.24. The van der Waals surface area contributed by atoms with E-state index in [1.165, 1.54) is 9.13 Å². The van der Waals surface area contributed by atoms with E-state index in [2.05, 4.69) is 38.1 Å². The van der Waals surface area contributed by atoms with Crippen molar-refractivity contribution in [1.29, 1.82) is 0 Å². The number of hydrogen-bond donors (Lipinski definition) is 0. The monoisotopic (exact) mass is 266 g/mol. The van der Waals surface area contributed by atoms with Crippen molar-refractivity contribution in [3.05, 3.63) is 27.3 Å². The van der Waals surface area contributed by atoms with Crippen molar-refractivity contribution in [3.8, 4) is 5.75 Å². The van der Waals surface area contributed by atoms with Gasteiger partial charge in [-0.3, -0.25) is 0 Å². The van der Waals surface area contributed by atoms with E-state index >= 15 is 0 Å². The third kappa shape index (κ3) is 1.83. The van der Waals surface area contributed by atoms with Gasteiger partial charge in [0.1, 0.15) is 5.75 Å². The highest BCUT2D eigenvalue weighted by Gasteiger charge is 1.95. The van der Waals surface area contributed by atoms with Crippen molar-refractivity contribution in [2.45, 2.75) is 6.92 Å². The second-order valence-corrected chi connectivity index (χ2v) is 3.51. The molecule has 0 N–H and O–H groups in total. The number of halogens is 1. The Bertz CT molecular complexity index is 237. The third-order valence-corrected chi connectivity index (χ3v) is 2.19. The largest absolute Gasteiger partial charge is 0.480 e. The normalized spacial score (nSPS) is 9.50. The van der Waals surface area contributed by atoms with Gasteiger partial charge >= 0.3 is 0 Å². The molecule has 0 amide bonds. The molecule has 0 aliphatic rings. The van der Waals surface area contributed by atoms with E-state index in [0.29, 0.717) is 0 Å². The van der Waals surface area contributed by atoms with Crippen LogP contribution in [0, 0.1) is 10.5 Å². The molecule has 0 saturated carbocycles. The summed E-state index contributed by atoms with van der Waals surface area (Å²) < 4.78 is 6.25. The molecule has 0 heterocycles. The fraction of sp³-hybridized carbons (Fsp3) is 0.143. The van der Waals surface area contributed by atoms with Crippen LogP contribution in [0.4, 0.5) is 0 Å². The fourth-order valence-electron chi connectivity index (χ4n) is 0.745.